The van der Waals surface area contributed by atoms with Crippen LogP contribution in [0.15, 0.2) is 46.9 Å². The number of piperidine rings is 1. The lowest BCUT2D eigenvalue weighted by molar-refractivity contribution is 0.0996. The zero-order chi connectivity index (χ0) is 16.4. The van der Waals surface area contributed by atoms with E-state index >= 15 is 0 Å². The van der Waals surface area contributed by atoms with Gasteiger partial charge in [0.2, 0.25) is 0 Å². The van der Waals surface area contributed by atoms with E-state index in [2.05, 4.69) is 45.1 Å². The van der Waals surface area contributed by atoms with Crippen LogP contribution in [-0.4, -0.2) is 19.0 Å². The molecule has 1 heterocycles. The van der Waals surface area contributed by atoms with Gasteiger partial charge in [0, 0.05) is 23.2 Å². The van der Waals surface area contributed by atoms with E-state index < -0.39 is 11.7 Å². The van der Waals surface area contributed by atoms with Crippen molar-refractivity contribution in [3.63, 3.8) is 0 Å². The number of halogens is 2. The van der Waals surface area contributed by atoms with Gasteiger partial charge in [-0.1, -0.05) is 28.1 Å². The Hall–Kier alpha value is -1.88. The maximum Gasteiger partial charge on any atom is 0.251 e. The van der Waals surface area contributed by atoms with Crippen LogP contribution in [0.4, 0.5) is 10.1 Å². The maximum atomic E-state index is 13.9. The first-order valence-electron chi connectivity index (χ1n) is 7.64. The van der Waals surface area contributed by atoms with Gasteiger partial charge >= 0.3 is 0 Å². The molecule has 23 heavy (non-hydrogen) atoms. The van der Waals surface area contributed by atoms with Gasteiger partial charge in [-0.2, -0.15) is 0 Å². The van der Waals surface area contributed by atoms with E-state index in [1.54, 1.807) is 6.07 Å². The number of nitrogens with zero attached hydrogens (tertiary/aromatic N) is 1. The minimum Gasteiger partial charge on any atom is -0.371 e. The Morgan fingerprint density at radius 3 is 2.35 bits per heavy atom. The zero-order valence-corrected chi connectivity index (χ0v) is 14.2. The van der Waals surface area contributed by atoms with Crippen molar-refractivity contribution in [3.05, 3.63) is 63.9 Å². The Morgan fingerprint density at radius 2 is 1.78 bits per heavy atom. The minimum atomic E-state index is -0.733. The first-order valence-corrected chi connectivity index (χ1v) is 8.43. The molecule has 1 fully saturated rings. The van der Waals surface area contributed by atoms with Gasteiger partial charge in [0.1, 0.15) is 5.82 Å². The average molecular weight is 377 g/mol. The quantitative estimate of drug-likeness (QED) is 0.877. The number of hydrogen-bond donors (Lipinski definition) is 1. The van der Waals surface area contributed by atoms with Crippen LogP contribution in [0.1, 0.15) is 34.7 Å². The van der Waals surface area contributed by atoms with Crippen molar-refractivity contribution in [1.82, 2.24) is 0 Å². The molecule has 0 aliphatic carbocycles. The normalized spacial score (nSPS) is 15.7. The van der Waals surface area contributed by atoms with Gasteiger partial charge in [-0.25, -0.2) is 4.39 Å². The van der Waals surface area contributed by atoms with E-state index in [4.69, 9.17) is 5.73 Å². The average Bonchev–Trinajstić information content (AvgIpc) is 2.55. The number of nitrogens with two attached hydrogens (primary N) is 1. The van der Waals surface area contributed by atoms with Crippen molar-refractivity contribution in [2.45, 2.75) is 18.8 Å². The topological polar surface area (TPSA) is 46.3 Å². The highest BCUT2D eigenvalue weighted by Crippen LogP contribution is 2.31. The summed E-state index contributed by atoms with van der Waals surface area (Å²) in [4.78, 5) is 13.3. The molecular formula is C18H18BrFN2O. The van der Waals surface area contributed by atoms with E-state index in [-0.39, 0.29) is 5.56 Å². The van der Waals surface area contributed by atoms with Crippen LogP contribution in [0.3, 0.4) is 0 Å². The molecule has 0 saturated carbocycles. The first kappa shape index (κ1) is 16.0. The third-order valence-electron chi connectivity index (χ3n) is 4.42. The number of benzene rings is 2. The number of anilines is 1. The molecule has 0 bridgehead atoms. The van der Waals surface area contributed by atoms with Crippen molar-refractivity contribution in [2.24, 2.45) is 5.73 Å². The first-order chi connectivity index (χ1) is 11.0. The fraction of sp³-hybridized carbons (Fsp3) is 0.278. The molecule has 1 aliphatic heterocycles. The van der Waals surface area contributed by atoms with Crippen molar-refractivity contribution in [2.75, 3.05) is 18.0 Å². The molecule has 2 aromatic rings. The second-order valence-corrected chi connectivity index (χ2v) is 6.76. The van der Waals surface area contributed by atoms with Gasteiger partial charge in [0.15, 0.2) is 0 Å². The number of carbonyl (C=O) groups excluding carboxylic acids is 1. The van der Waals surface area contributed by atoms with E-state index in [1.165, 1.54) is 17.7 Å². The van der Waals surface area contributed by atoms with Gasteiger partial charge in [-0.15, -0.1) is 0 Å². The number of primary amides is 1. The van der Waals surface area contributed by atoms with Crippen LogP contribution < -0.4 is 10.6 Å². The second kappa shape index (κ2) is 6.71. The number of amides is 1. The summed E-state index contributed by atoms with van der Waals surface area (Å²) < 4.78 is 15.0. The van der Waals surface area contributed by atoms with E-state index in [0.717, 1.165) is 36.1 Å². The largest absolute Gasteiger partial charge is 0.371 e. The van der Waals surface area contributed by atoms with Gasteiger partial charge in [0.25, 0.3) is 5.91 Å². The van der Waals surface area contributed by atoms with Crippen molar-refractivity contribution in [3.8, 4) is 0 Å². The Labute approximate surface area is 143 Å². The summed E-state index contributed by atoms with van der Waals surface area (Å²) in [6, 6.07) is 13.1. The van der Waals surface area contributed by atoms with Crippen LogP contribution in [0.25, 0.3) is 0 Å². The molecule has 1 amide bonds. The molecule has 1 saturated heterocycles. The Morgan fingerprint density at radius 1 is 1.13 bits per heavy atom. The molecule has 2 aromatic carbocycles. The van der Waals surface area contributed by atoms with E-state index in [1.807, 2.05) is 0 Å². The van der Waals surface area contributed by atoms with Gasteiger partial charge in [-0.3, -0.25) is 4.79 Å². The molecule has 0 atom stereocenters. The number of hydrogen-bond acceptors (Lipinski definition) is 2. The van der Waals surface area contributed by atoms with Crippen LogP contribution in [0.2, 0.25) is 0 Å². The summed E-state index contributed by atoms with van der Waals surface area (Å²) in [5.74, 6) is -0.748. The smallest absolute Gasteiger partial charge is 0.251 e. The summed E-state index contributed by atoms with van der Waals surface area (Å²) in [5, 5.41) is 0. The van der Waals surface area contributed by atoms with Crippen LogP contribution >= 0.6 is 15.9 Å². The second-order valence-electron chi connectivity index (χ2n) is 5.84. The lowest BCUT2D eigenvalue weighted by Crippen LogP contribution is -2.33. The summed E-state index contributed by atoms with van der Waals surface area (Å²) in [5.41, 5.74) is 7.24. The lowest BCUT2D eigenvalue weighted by Gasteiger charge is -2.34. The molecule has 5 heteroatoms. The molecule has 3 nitrogen and oxygen atoms in total. The van der Waals surface area contributed by atoms with Gasteiger partial charge in [0.05, 0.1) is 5.56 Å². The van der Waals surface area contributed by atoms with Gasteiger partial charge < -0.3 is 10.6 Å². The van der Waals surface area contributed by atoms with E-state index in [9.17, 15) is 9.18 Å². The number of carbonyl (C=O) groups is 1. The van der Waals surface area contributed by atoms with Crippen LogP contribution in [0.5, 0.6) is 0 Å². The summed E-state index contributed by atoms with van der Waals surface area (Å²) >= 11 is 3.46. The predicted molar refractivity (Wildman–Crippen MR) is 93.2 cm³/mol. The Kier molecular flexibility index (Phi) is 4.66. The highest BCUT2D eigenvalue weighted by molar-refractivity contribution is 9.10. The van der Waals surface area contributed by atoms with Crippen molar-refractivity contribution >= 4 is 27.5 Å². The minimum absolute atomic E-state index is 0.0569. The summed E-state index contributed by atoms with van der Waals surface area (Å²) in [6.07, 6.45) is 2.06. The number of rotatable bonds is 3. The van der Waals surface area contributed by atoms with Crippen molar-refractivity contribution in [1.29, 1.82) is 0 Å². The highest BCUT2D eigenvalue weighted by atomic mass is 79.9. The third-order valence-corrected chi connectivity index (χ3v) is 4.95. The molecular weight excluding hydrogens is 359 g/mol. The Bertz CT molecular complexity index is 709. The standard InChI is InChI=1S/C18H18BrFN2O/c19-14-3-1-12(2-4-14)13-7-9-22(10-8-13)15-5-6-16(18(21)23)17(20)11-15/h1-6,11,13H,7-10H2,(H2,21,23). The molecule has 0 unspecified atom stereocenters. The van der Waals surface area contributed by atoms with Crippen LogP contribution in [0, 0.1) is 5.82 Å². The van der Waals surface area contributed by atoms with Gasteiger partial charge in [-0.05, 0) is 54.7 Å². The van der Waals surface area contributed by atoms with Crippen LogP contribution in [-0.2, 0) is 0 Å². The third kappa shape index (κ3) is 3.55. The molecule has 120 valence electrons. The monoisotopic (exact) mass is 376 g/mol. The van der Waals surface area contributed by atoms with E-state index in [0.29, 0.717) is 5.92 Å². The maximum absolute atomic E-state index is 13.9. The fourth-order valence-corrected chi connectivity index (χ4v) is 3.37. The molecule has 0 aromatic heterocycles. The van der Waals surface area contributed by atoms with Crippen molar-refractivity contribution < 1.29 is 9.18 Å². The zero-order valence-electron chi connectivity index (χ0n) is 12.6. The molecule has 1 aliphatic rings. The molecule has 0 radical (unpaired) electrons. The molecule has 3 rings (SSSR count). The summed E-state index contributed by atoms with van der Waals surface area (Å²) in [7, 11) is 0. The summed E-state index contributed by atoms with van der Waals surface area (Å²) in [6.45, 7) is 1.74. The predicted octanol–water partition coefficient (Wildman–Crippen LogP) is 4.07. The Balaban J connectivity index is 1.68. The highest BCUT2D eigenvalue weighted by Gasteiger charge is 2.21. The SMILES string of the molecule is NC(=O)c1ccc(N2CCC(c3ccc(Br)cc3)CC2)cc1F. The molecule has 0 spiro atoms. The fourth-order valence-electron chi connectivity index (χ4n) is 3.11. The molecule has 2 N–H and O–H groups in total. The lowest BCUT2D eigenvalue weighted by atomic mass is 9.89.